The van der Waals surface area contributed by atoms with E-state index in [4.69, 9.17) is 17.0 Å². The molecule has 16 heavy (non-hydrogen) atoms. The van der Waals surface area contributed by atoms with E-state index in [1.165, 1.54) is 12.1 Å². The third-order valence-corrected chi connectivity index (χ3v) is 2.96. The molecule has 0 aliphatic heterocycles. The average molecular weight is 263 g/mol. The Morgan fingerprint density at radius 1 is 1.31 bits per heavy atom. The van der Waals surface area contributed by atoms with Gasteiger partial charge in [-0.1, -0.05) is 0 Å². The molecule has 0 aromatic heterocycles. The van der Waals surface area contributed by atoms with Crippen LogP contribution in [0.15, 0.2) is 29.2 Å². The smallest absolute Gasteiger partial charge is 0.332 e. The Morgan fingerprint density at radius 2 is 1.81 bits per heavy atom. The highest BCUT2D eigenvalue weighted by molar-refractivity contribution is 7.86. The third-order valence-electron chi connectivity index (χ3n) is 1.68. The van der Waals surface area contributed by atoms with Gasteiger partial charge >= 0.3 is 10.2 Å². The standard InChI is InChI=1S/C9H10FNO3S2/c1-11(2)9(15)14-7-3-5-8(6-4-7)16(10,12)13/h3-6H,1-2H3. The third kappa shape index (κ3) is 3.42. The number of hydrogen-bond acceptors (Lipinski definition) is 4. The van der Waals surface area contributed by atoms with Crippen LogP contribution in [0.25, 0.3) is 0 Å². The van der Waals surface area contributed by atoms with Gasteiger partial charge < -0.3 is 9.64 Å². The number of halogens is 1. The van der Waals surface area contributed by atoms with Crippen molar-refractivity contribution in [2.75, 3.05) is 14.1 Å². The Hall–Kier alpha value is -1.21. The summed E-state index contributed by atoms with van der Waals surface area (Å²) in [4.78, 5) is 1.17. The lowest BCUT2D eigenvalue weighted by Gasteiger charge is -2.13. The van der Waals surface area contributed by atoms with Crippen molar-refractivity contribution >= 4 is 27.6 Å². The number of nitrogens with zero attached hydrogens (tertiary/aromatic N) is 1. The van der Waals surface area contributed by atoms with Crippen LogP contribution in [-0.4, -0.2) is 32.6 Å². The van der Waals surface area contributed by atoms with Gasteiger partial charge in [-0.15, -0.1) is 3.89 Å². The minimum atomic E-state index is -4.66. The minimum Gasteiger partial charge on any atom is -0.432 e. The fourth-order valence-electron chi connectivity index (χ4n) is 0.862. The van der Waals surface area contributed by atoms with Crippen LogP contribution in [0.4, 0.5) is 3.89 Å². The maximum Gasteiger partial charge on any atom is 0.332 e. The quantitative estimate of drug-likeness (QED) is 0.598. The summed E-state index contributed by atoms with van der Waals surface area (Å²) in [5, 5.41) is 0.232. The normalized spacial score (nSPS) is 10.9. The van der Waals surface area contributed by atoms with Gasteiger partial charge in [-0.3, -0.25) is 0 Å². The summed E-state index contributed by atoms with van der Waals surface area (Å²) in [7, 11) is -1.24. The van der Waals surface area contributed by atoms with Gasteiger partial charge in [0.05, 0.1) is 4.90 Å². The van der Waals surface area contributed by atoms with E-state index in [1.54, 1.807) is 19.0 Å². The molecule has 0 aliphatic carbocycles. The second kappa shape index (κ2) is 4.75. The number of ether oxygens (including phenoxy) is 1. The molecule has 1 aromatic rings. The summed E-state index contributed by atoms with van der Waals surface area (Å²) in [5.41, 5.74) is 0. The van der Waals surface area contributed by atoms with Crippen LogP contribution in [-0.2, 0) is 10.2 Å². The van der Waals surface area contributed by atoms with Crippen molar-refractivity contribution in [3.8, 4) is 5.75 Å². The van der Waals surface area contributed by atoms with Crippen molar-refractivity contribution in [1.82, 2.24) is 4.90 Å². The van der Waals surface area contributed by atoms with Crippen LogP contribution < -0.4 is 4.74 Å². The van der Waals surface area contributed by atoms with Crippen LogP contribution in [0.1, 0.15) is 0 Å². The van der Waals surface area contributed by atoms with Crippen LogP contribution in [0.2, 0.25) is 0 Å². The number of hydrogen-bond donors (Lipinski definition) is 0. The van der Waals surface area contributed by atoms with Crippen molar-refractivity contribution in [1.29, 1.82) is 0 Å². The Kier molecular flexibility index (Phi) is 3.82. The molecule has 0 amide bonds. The van der Waals surface area contributed by atoms with E-state index in [2.05, 4.69) is 0 Å². The number of benzene rings is 1. The van der Waals surface area contributed by atoms with Crippen molar-refractivity contribution < 1.29 is 17.0 Å². The van der Waals surface area contributed by atoms with E-state index < -0.39 is 15.1 Å². The molecule has 7 heteroatoms. The zero-order valence-electron chi connectivity index (χ0n) is 8.68. The highest BCUT2D eigenvalue weighted by atomic mass is 32.3. The predicted octanol–water partition coefficient (Wildman–Crippen LogP) is 1.57. The molecule has 0 saturated heterocycles. The van der Waals surface area contributed by atoms with E-state index >= 15 is 0 Å². The van der Waals surface area contributed by atoms with Gasteiger partial charge in [0.2, 0.25) is 0 Å². The zero-order valence-corrected chi connectivity index (χ0v) is 10.3. The first-order valence-corrected chi connectivity index (χ1v) is 6.04. The molecular formula is C9H10FNO3S2. The molecule has 1 aromatic carbocycles. The van der Waals surface area contributed by atoms with Gasteiger partial charge in [-0.2, -0.15) is 8.42 Å². The van der Waals surface area contributed by atoms with E-state index in [1.807, 2.05) is 0 Å². The van der Waals surface area contributed by atoms with Crippen LogP contribution in [0.5, 0.6) is 5.75 Å². The second-order valence-corrected chi connectivity index (χ2v) is 4.87. The Balaban J connectivity index is 2.84. The largest absolute Gasteiger partial charge is 0.432 e. The molecule has 0 fully saturated rings. The minimum absolute atomic E-state index is 0.232. The molecule has 1 rings (SSSR count). The molecule has 0 heterocycles. The molecule has 4 nitrogen and oxygen atoms in total. The molecular weight excluding hydrogens is 253 g/mol. The Morgan fingerprint density at radius 3 is 2.19 bits per heavy atom. The summed E-state index contributed by atoms with van der Waals surface area (Å²) in [5.74, 6) is 0.353. The first-order chi connectivity index (χ1) is 7.30. The molecule has 88 valence electrons. The van der Waals surface area contributed by atoms with E-state index in [0.717, 1.165) is 12.1 Å². The molecule has 0 aliphatic rings. The van der Waals surface area contributed by atoms with Gasteiger partial charge in [0.15, 0.2) is 0 Å². The molecule has 0 saturated carbocycles. The van der Waals surface area contributed by atoms with E-state index in [9.17, 15) is 12.3 Å². The van der Waals surface area contributed by atoms with E-state index in [0.29, 0.717) is 5.75 Å². The van der Waals surface area contributed by atoms with Crippen molar-refractivity contribution in [3.05, 3.63) is 24.3 Å². The van der Waals surface area contributed by atoms with Crippen LogP contribution in [0, 0.1) is 0 Å². The Bertz CT molecular complexity index is 482. The Labute approximate surface area is 98.8 Å². The molecule has 0 unspecified atom stereocenters. The van der Waals surface area contributed by atoms with Gasteiger partial charge in [0, 0.05) is 14.1 Å². The van der Waals surface area contributed by atoms with Crippen molar-refractivity contribution in [2.24, 2.45) is 0 Å². The maximum atomic E-state index is 12.5. The average Bonchev–Trinajstić information content (AvgIpc) is 2.17. The summed E-state index contributed by atoms with van der Waals surface area (Å²) < 4.78 is 38.8. The number of thiocarbonyl (C=S) groups is 1. The van der Waals surface area contributed by atoms with Crippen molar-refractivity contribution in [2.45, 2.75) is 4.90 Å². The van der Waals surface area contributed by atoms with Crippen LogP contribution >= 0.6 is 12.2 Å². The predicted molar refractivity (Wildman–Crippen MR) is 61.6 cm³/mol. The summed E-state index contributed by atoms with van der Waals surface area (Å²) in [6.45, 7) is 0. The molecule has 0 radical (unpaired) electrons. The van der Waals surface area contributed by atoms with Gasteiger partial charge in [0.25, 0.3) is 5.17 Å². The second-order valence-electron chi connectivity index (χ2n) is 3.17. The summed E-state index contributed by atoms with van der Waals surface area (Å²) in [6.07, 6.45) is 0. The highest BCUT2D eigenvalue weighted by Gasteiger charge is 2.11. The molecule has 0 bridgehead atoms. The van der Waals surface area contributed by atoms with Crippen LogP contribution in [0.3, 0.4) is 0 Å². The first kappa shape index (κ1) is 12.9. The topological polar surface area (TPSA) is 46.6 Å². The lowest BCUT2D eigenvalue weighted by molar-refractivity contribution is 0.449. The SMILES string of the molecule is CN(C)C(=S)Oc1ccc(S(=O)(=O)F)cc1. The molecule has 0 atom stereocenters. The monoisotopic (exact) mass is 263 g/mol. The van der Waals surface area contributed by atoms with Gasteiger partial charge in [-0.05, 0) is 36.5 Å². The summed E-state index contributed by atoms with van der Waals surface area (Å²) in [6, 6.07) is 4.90. The fraction of sp³-hybridized carbons (Fsp3) is 0.222. The molecule has 0 spiro atoms. The first-order valence-electron chi connectivity index (χ1n) is 4.24. The maximum absolute atomic E-state index is 12.5. The lowest BCUT2D eigenvalue weighted by Crippen LogP contribution is -2.24. The zero-order chi connectivity index (χ0) is 12.3. The lowest BCUT2D eigenvalue weighted by atomic mass is 10.3. The molecule has 0 N–H and O–H groups in total. The van der Waals surface area contributed by atoms with Gasteiger partial charge in [0.1, 0.15) is 5.75 Å². The van der Waals surface area contributed by atoms with Crippen molar-refractivity contribution in [3.63, 3.8) is 0 Å². The van der Waals surface area contributed by atoms with E-state index in [-0.39, 0.29) is 5.17 Å². The number of rotatable bonds is 2. The van der Waals surface area contributed by atoms with Gasteiger partial charge in [-0.25, -0.2) is 0 Å². The fourth-order valence-corrected chi connectivity index (χ4v) is 1.42. The highest BCUT2D eigenvalue weighted by Crippen LogP contribution is 2.17. The summed E-state index contributed by atoms with van der Waals surface area (Å²) >= 11 is 4.88.